The second-order valence-electron chi connectivity index (χ2n) is 5.94. The van der Waals surface area contributed by atoms with Gasteiger partial charge in [-0.1, -0.05) is 19.1 Å². The second-order valence-corrected chi connectivity index (χ2v) is 5.94. The molecule has 0 amide bonds. The minimum Gasteiger partial charge on any atom is -0.508 e. The summed E-state index contributed by atoms with van der Waals surface area (Å²) in [6, 6.07) is 7.55. The summed E-state index contributed by atoms with van der Waals surface area (Å²) < 4.78 is 0. The van der Waals surface area contributed by atoms with Gasteiger partial charge in [-0.25, -0.2) is 0 Å². The van der Waals surface area contributed by atoms with E-state index in [1.807, 2.05) is 12.1 Å². The summed E-state index contributed by atoms with van der Waals surface area (Å²) in [4.78, 5) is 0. The molecule has 0 bridgehead atoms. The van der Waals surface area contributed by atoms with Gasteiger partial charge < -0.3 is 10.4 Å². The third-order valence-electron chi connectivity index (χ3n) is 2.82. The number of rotatable bonds is 5. The van der Waals surface area contributed by atoms with Crippen LogP contribution >= 0.6 is 0 Å². The lowest BCUT2D eigenvalue weighted by Crippen LogP contribution is -2.38. The fourth-order valence-corrected chi connectivity index (χ4v) is 1.71. The van der Waals surface area contributed by atoms with Crippen molar-refractivity contribution in [2.24, 2.45) is 5.92 Å². The van der Waals surface area contributed by atoms with Crippen LogP contribution in [0.15, 0.2) is 24.3 Å². The maximum absolute atomic E-state index is 9.38. The first-order valence-corrected chi connectivity index (χ1v) is 6.40. The Kier molecular flexibility index (Phi) is 5.01. The molecule has 1 rings (SSSR count). The van der Waals surface area contributed by atoms with Crippen molar-refractivity contribution in [1.82, 2.24) is 5.32 Å². The Hall–Kier alpha value is -1.02. The Balaban J connectivity index is 2.31. The number of phenolic OH excluding ortho intramolecular Hbond substituents is 1. The van der Waals surface area contributed by atoms with E-state index in [0.29, 0.717) is 11.7 Å². The van der Waals surface area contributed by atoms with Crippen LogP contribution in [0, 0.1) is 5.92 Å². The molecule has 0 aliphatic carbocycles. The van der Waals surface area contributed by atoms with Gasteiger partial charge in [0.2, 0.25) is 0 Å². The van der Waals surface area contributed by atoms with Gasteiger partial charge in [-0.3, -0.25) is 0 Å². The molecule has 0 saturated heterocycles. The van der Waals surface area contributed by atoms with Crippen LogP contribution in [0.25, 0.3) is 0 Å². The minimum atomic E-state index is 0.194. The molecule has 0 fully saturated rings. The highest BCUT2D eigenvalue weighted by atomic mass is 16.3. The van der Waals surface area contributed by atoms with Gasteiger partial charge in [-0.15, -0.1) is 0 Å². The van der Waals surface area contributed by atoms with E-state index in [9.17, 15) is 5.11 Å². The number of phenols is 1. The molecule has 0 aliphatic heterocycles. The third kappa shape index (κ3) is 6.32. The smallest absolute Gasteiger partial charge is 0.115 e. The maximum atomic E-state index is 9.38. The number of aryl methyl sites for hydroxylation is 1. The zero-order valence-corrected chi connectivity index (χ0v) is 11.5. The van der Waals surface area contributed by atoms with Crippen molar-refractivity contribution >= 4 is 0 Å². The normalized spacial score (nSPS) is 13.6. The van der Waals surface area contributed by atoms with E-state index in [0.717, 1.165) is 19.4 Å². The molecule has 17 heavy (non-hydrogen) atoms. The summed E-state index contributed by atoms with van der Waals surface area (Å²) in [6.45, 7) is 9.88. The maximum Gasteiger partial charge on any atom is 0.115 e. The number of benzene rings is 1. The number of hydrogen-bond acceptors (Lipinski definition) is 2. The largest absolute Gasteiger partial charge is 0.508 e. The van der Waals surface area contributed by atoms with E-state index in [1.54, 1.807) is 6.07 Å². The lowest BCUT2D eigenvalue weighted by atomic mass is 9.99. The molecule has 0 heterocycles. The van der Waals surface area contributed by atoms with Crippen molar-refractivity contribution in [2.45, 2.75) is 46.1 Å². The standard InChI is InChI=1S/C15H25NO/c1-12(11-16-15(2,3)4)8-9-13-6-5-7-14(17)10-13/h5-7,10,12,16-17H,8-9,11H2,1-4H3. The van der Waals surface area contributed by atoms with Crippen LogP contribution in [0.5, 0.6) is 5.75 Å². The molecular weight excluding hydrogens is 210 g/mol. The van der Waals surface area contributed by atoms with Crippen molar-refractivity contribution in [3.8, 4) is 5.75 Å². The first-order valence-electron chi connectivity index (χ1n) is 6.40. The van der Waals surface area contributed by atoms with E-state index in [1.165, 1.54) is 5.56 Å². The summed E-state index contributed by atoms with van der Waals surface area (Å²) in [5.41, 5.74) is 1.41. The van der Waals surface area contributed by atoms with Crippen LogP contribution in [0.4, 0.5) is 0 Å². The Bertz CT molecular complexity index is 341. The first kappa shape index (κ1) is 14.0. The average Bonchev–Trinajstić information content (AvgIpc) is 2.23. The van der Waals surface area contributed by atoms with Gasteiger partial charge in [-0.2, -0.15) is 0 Å². The molecule has 96 valence electrons. The first-order chi connectivity index (χ1) is 7.87. The molecule has 2 heteroatoms. The summed E-state index contributed by atoms with van der Waals surface area (Å²) in [5.74, 6) is 1.01. The molecular formula is C15H25NO. The Morgan fingerprint density at radius 1 is 1.29 bits per heavy atom. The van der Waals surface area contributed by atoms with E-state index >= 15 is 0 Å². The summed E-state index contributed by atoms with van der Waals surface area (Å²) in [5, 5.41) is 12.9. The van der Waals surface area contributed by atoms with Gasteiger partial charge in [-0.05, 0) is 63.8 Å². The Morgan fingerprint density at radius 2 is 2.00 bits per heavy atom. The van der Waals surface area contributed by atoms with Crippen molar-refractivity contribution in [1.29, 1.82) is 0 Å². The Labute approximate surface area is 105 Å². The van der Waals surface area contributed by atoms with Crippen LogP contribution < -0.4 is 5.32 Å². The van der Waals surface area contributed by atoms with Crippen LogP contribution in [-0.2, 0) is 6.42 Å². The van der Waals surface area contributed by atoms with Crippen LogP contribution in [0.3, 0.4) is 0 Å². The summed E-state index contributed by atoms with van der Waals surface area (Å²) >= 11 is 0. The fraction of sp³-hybridized carbons (Fsp3) is 0.600. The monoisotopic (exact) mass is 235 g/mol. The molecule has 0 spiro atoms. The molecule has 2 N–H and O–H groups in total. The number of nitrogens with one attached hydrogen (secondary N) is 1. The molecule has 0 aromatic heterocycles. The summed E-state index contributed by atoms with van der Waals surface area (Å²) in [7, 11) is 0. The quantitative estimate of drug-likeness (QED) is 0.820. The summed E-state index contributed by atoms with van der Waals surface area (Å²) in [6.07, 6.45) is 2.17. The predicted octanol–water partition coefficient (Wildman–Crippen LogP) is 3.35. The lowest BCUT2D eigenvalue weighted by Gasteiger charge is -2.23. The van der Waals surface area contributed by atoms with Crippen LogP contribution in [0.1, 0.15) is 39.7 Å². The van der Waals surface area contributed by atoms with Gasteiger partial charge in [0.15, 0.2) is 0 Å². The second kappa shape index (κ2) is 6.06. The zero-order valence-electron chi connectivity index (χ0n) is 11.5. The third-order valence-corrected chi connectivity index (χ3v) is 2.82. The molecule has 2 nitrogen and oxygen atoms in total. The lowest BCUT2D eigenvalue weighted by molar-refractivity contribution is 0.372. The SMILES string of the molecule is CC(CCc1cccc(O)c1)CNC(C)(C)C. The average molecular weight is 235 g/mol. The van der Waals surface area contributed by atoms with E-state index in [4.69, 9.17) is 0 Å². The van der Waals surface area contributed by atoms with Gasteiger partial charge >= 0.3 is 0 Å². The molecule has 1 unspecified atom stereocenters. The highest BCUT2D eigenvalue weighted by Crippen LogP contribution is 2.15. The van der Waals surface area contributed by atoms with Gasteiger partial charge in [0.25, 0.3) is 0 Å². The molecule has 0 aliphatic rings. The molecule has 1 atom stereocenters. The van der Waals surface area contributed by atoms with Crippen molar-refractivity contribution in [3.05, 3.63) is 29.8 Å². The topological polar surface area (TPSA) is 32.3 Å². The van der Waals surface area contributed by atoms with Crippen molar-refractivity contribution in [2.75, 3.05) is 6.54 Å². The predicted molar refractivity (Wildman–Crippen MR) is 73.3 cm³/mol. The van der Waals surface area contributed by atoms with Crippen molar-refractivity contribution < 1.29 is 5.11 Å². The van der Waals surface area contributed by atoms with Crippen LogP contribution in [-0.4, -0.2) is 17.2 Å². The van der Waals surface area contributed by atoms with E-state index < -0.39 is 0 Å². The Morgan fingerprint density at radius 3 is 2.59 bits per heavy atom. The molecule has 1 aromatic rings. The van der Waals surface area contributed by atoms with E-state index in [2.05, 4.69) is 39.1 Å². The number of aromatic hydroxyl groups is 1. The number of hydrogen-bond donors (Lipinski definition) is 2. The highest BCUT2D eigenvalue weighted by molar-refractivity contribution is 5.27. The molecule has 1 aromatic carbocycles. The fourth-order valence-electron chi connectivity index (χ4n) is 1.71. The van der Waals surface area contributed by atoms with Gasteiger partial charge in [0.1, 0.15) is 5.75 Å². The molecule has 0 saturated carbocycles. The van der Waals surface area contributed by atoms with Gasteiger partial charge in [0, 0.05) is 5.54 Å². The molecule has 0 radical (unpaired) electrons. The zero-order chi connectivity index (χ0) is 12.9. The van der Waals surface area contributed by atoms with Crippen molar-refractivity contribution in [3.63, 3.8) is 0 Å². The highest BCUT2D eigenvalue weighted by Gasteiger charge is 2.11. The van der Waals surface area contributed by atoms with Crippen LogP contribution in [0.2, 0.25) is 0 Å². The van der Waals surface area contributed by atoms with E-state index in [-0.39, 0.29) is 5.54 Å². The van der Waals surface area contributed by atoms with Gasteiger partial charge in [0.05, 0.1) is 0 Å². The minimum absolute atomic E-state index is 0.194.